The molecule has 5 amide bonds. The third-order valence-electron chi connectivity index (χ3n) is 7.18. The molecule has 1 saturated carbocycles. The minimum atomic E-state index is -4.37. The lowest BCUT2D eigenvalue weighted by molar-refractivity contribution is -0.160. The number of piperidine rings is 1. The highest BCUT2D eigenvalue weighted by Crippen LogP contribution is 2.59. The first-order chi connectivity index (χ1) is 17.5. The van der Waals surface area contributed by atoms with Gasteiger partial charge in [-0.05, 0) is 43.0 Å². The van der Waals surface area contributed by atoms with Crippen LogP contribution in [0, 0.1) is 0 Å². The van der Waals surface area contributed by atoms with E-state index in [4.69, 9.17) is 0 Å². The van der Waals surface area contributed by atoms with E-state index in [1.807, 2.05) is 0 Å². The van der Waals surface area contributed by atoms with E-state index in [-0.39, 0.29) is 61.3 Å². The predicted molar refractivity (Wildman–Crippen MR) is 123 cm³/mol. The fraction of sp³-hybridized carbons (Fsp3) is 0.360. The van der Waals surface area contributed by atoms with Crippen LogP contribution in [0.4, 0.5) is 23.7 Å². The van der Waals surface area contributed by atoms with Crippen LogP contribution in [0.15, 0.2) is 36.4 Å². The molecule has 0 spiro atoms. The van der Waals surface area contributed by atoms with E-state index in [1.165, 1.54) is 41.3 Å². The van der Waals surface area contributed by atoms with Crippen molar-refractivity contribution in [3.63, 3.8) is 0 Å². The Morgan fingerprint density at radius 1 is 1.16 bits per heavy atom. The van der Waals surface area contributed by atoms with E-state index in [9.17, 15) is 37.5 Å². The molecular weight excluding hydrogens is 493 g/mol. The van der Waals surface area contributed by atoms with Gasteiger partial charge in [0.25, 0.3) is 5.91 Å². The topological polar surface area (TPSA) is 128 Å². The summed E-state index contributed by atoms with van der Waals surface area (Å²) in [4.78, 5) is 50.2. The molecule has 9 nitrogen and oxygen atoms in total. The average molecular weight is 516 g/mol. The summed E-state index contributed by atoms with van der Waals surface area (Å²) in [5, 5.41) is 18.0. The number of alkyl halides is 3. The summed E-state index contributed by atoms with van der Waals surface area (Å²) in [5.74, 6) is -1.62. The number of aromatic hydroxyl groups is 1. The normalized spacial score (nSPS) is 20.4. The summed E-state index contributed by atoms with van der Waals surface area (Å²) in [6.45, 7) is -0.149. The number of rotatable bonds is 5. The van der Waals surface area contributed by atoms with Gasteiger partial charge in [0.15, 0.2) is 0 Å². The van der Waals surface area contributed by atoms with Crippen molar-refractivity contribution in [3.8, 4) is 5.75 Å². The second-order valence-corrected chi connectivity index (χ2v) is 9.47. The van der Waals surface area contributed by atoms with Gasteiger partial charge in [-0.1, -0.05) is 18.2 Å². The van der Waals surface area contributed by atoms with Crippen molar-refractivity contribution in [2.24, 2.45) is 0 Å². The number of nitrogens with zero attached hydrogens (tertiary/aromatic N) is 1. The van der Waals surface area contributed by atoms with Crippen LogP contribution in [0.1, 0.15) is 52.7 Å². The van der Waals surface area contributed by atoms with Crippen LogP contribution in [0.3, 0.4) is 0 Å². The van der Waals surface area contributed by atoms with Crippen LogP contribution in [-0.4, -0.2) is 46.0 Å². The predicted octanol–water partition coefficient (Wildman–Crippen LogP) is 3.07. The zero-order valence-electron chi connectivity index (χ0n) is 19.4. The van der Waals surface area contributed by atoms with Crippen molar-refractivity contribution in [2.45, 2.75) is 56.4 Å². The number of hydrogen-bond acceptors (Lipinski definition) is 5. The summed E-state index contributed by atoms with van der Waals surface area (Å²) in [5.41, 5.74) is -0.714. The largest absolute Gasteiger partial charge is 0.507 e. The standard InChI is InChI=1S/C25H23F3N4O5/c26-25(27,28)24(8-9-24)14-2-1-3-15(10-14)30-23(37)29-11-13-4-5-16-17(20(13)34)12-32(22(16)36)18-6-7-19(33)31-21(18)35/h1-5,10,18,34H,6-9,11-12H2,(H2,29,30,37)(H,31,33,35). The summed E-state index contributed by atoms with van der Waals surface area (Å²) in [6, 6.07) is 7.09. The van der Waals surface area contributed by atoms with Gasteiger partial charge in [-0.2, -0.15) is 13.2 Å². The third kappa shape index (κ3) is 4.36. The maximum Gasteiger partial charge on any atom is 0.398 e. The first kappa shape index (κ1) is 24.6. The van der Waals surface area contributed by atoms with Crippen molar-refractivity contribution in [3.05, 3.63) is 58.7 Å². The van der Waals surface area contributed by atoms with Crippen LogP contribution in [0.5, 0.6) is 5.75 Å². The maximum atomic E-state index is 13.4. The number of halogens is 3. The Kier molecular flexibility index (Phi) is 5.84. The molecule has 2 aromatic carbocycles. The molecule has 2 heterocycles. The molecule has 1 unspecified atom stereocenters. The van der Waals surface area contributed by atoms with Crippen LogP contribution >= 0.6 is 0 Å². The van der Waals surface area contributed by atoms with Crippen LogP contribution < -0.4 is 16.0 Å². The molecule has 37 heavy (non-hydrogen) atoms. The second kappa shape index (κ2) is 8.79. The smallest absolute Gasteiger partial charge is 0.398 e. The van der Waals surface area contributed by atoms with Gasteiger partial charge < -0.3 is 20.6 Å². The Bertz CT molecular complexity index is 1320. The van der Waals surface area contributed by atoms with Gasteiger partial charge in [0.2, 0.25) is 11.8 Å². The molecule has 0 aromatic heterocycles. The number of phenols is 1. The van der Waals surface area contributed by atoms with Crippen LogP contribution in [-0.2, 0) is 28.1 Å². The zero-order chi connectivity index (χ0) is 26.5. The second-order valence-electron chi connectivity index (χ2n) is 9.47. The number of imide groups is 1. The van der Waals surface area contributed by atoms with E-state index in [2.05, 4.69) is 16.0 Å². The van der Waals surface area contributed by atoms with Crippen molar-refractivity contribution in [1.29, 1.82) is 0 Å². The zero-order valence-corrected chi connectivity index (χ0v) is 19.4. The fourth-order valence-corrected chi connectivity index (χ4v) is 4.92. The molecule has 12 heteroatoms. The summed E-state index contributed by atoms with van der Waals surface area (Å²) < 4.78 is 40.3. The molecule has 194 valence electrons. The minimum Gasteiger partial charge on any atom is -0.507 e. The molecule has 0 bridgehead atoms. The Labute approximate surface area is 209 Å². The van der Waals surface area contributed by atoms with Crippen molar-refractivity contribution in [2.75, 3.05) is 5.32 Å². The molecule has 1 saturated heterocycles. The summed E-state index contributed by atoms with van der Waals surface area (Å²) >= 11 is 0. The van der Waals surface area contributed by atoms with E-state index < -0.39 is 41.4 Å². The van der Waals surface area contributed by atoms with Crippen molar-refractivity contribution < 1.29 is 37.5 Å². The Morgan fingerprint density at radius 2 is 1.92 bits per heavy atom. The number of amides is 5. The molecule has 5 rings (SSSR count). The molecule has 4 N–H and O–H groups in total. The third-order valence-corrected chi connectivity index (χ3v) is 7.18. The van der Waals surface area contributed by atoms with Gasteiger partial charge in [0.1, 0.15) is 11.8 Å². The first-order valence-electron chi connectivity index (χ1n) is 11.7. The van der Waals surface area contributed by atoms with Gasteiger partial charge >= 0.3 is 12.2 Å². The first-order valence-corrected chi connectivity index (χ1v) is 11.7. The molecule has 1 aliphatic carbocycles. The van der Waals surface area contributed by atoms with Crippen molar-refractivity contribution in [1.82, 2.24) is 15.5 Å². The number of phenolic OH excluding ortho intramolecular Hbond substituents is 1. The highest BCUT2D eigenvalue weighted by atomic mass is 19.4. The molecule has 2 aromatic rings. The molecular formula is C25H23F3N4O5. The Hall–Kier alpha value is -4.09. The molecule has 2 aliphatic heterocycles. The maximum absolute atomic E-state index is 13.4. The van der Waals surface area contributed by atoms with Crippen molar-refractivity contribution >= 4 is 29.4 Å². The van der Waals surface area contributed by atoms with Gasteiger partial charge in [0.05, 0.1) is 12.0 Å². The monoisotopic (exact) mass is 516 g/mol. The highest BCUT2D eigenvalue weighted by Gasteiger charge is 2.64. The molecule has 2 fully saturated rings. The number of nitrogens with one attached hydrogen (secondary N) is 3. The SMILES string of the molecule is O=C1CCC(N2Cc3c(ccc(CNC(=O)Nc4cccc(C5(C(F)(F)F)CC5)c4)c3O)C2=O)C(=O)N1. The van der Waals surface area contributed by atoms with E-state index in [0.717, 1.165) is 0 Å². The number of urea groups is 1. The van der Waals surface area contributed by atoms with Crippen LogP contribution in [0.25, 0.3) is 0 Å². The fourth-order valence-electron chi connectivity index (χ4n) is 4.92. The van der Waals surface area contributed by atoms with Gasteiger partial charge in [-0.15, -0.1) is 0 Å². The highest BCUT2D eigenvalue weighted by molar-refractivity contribution is 6.05. The lowest BCUT2D eigenvalue weighted by Gasteiger charge is -2.29. The molecule has 1 atom stereocenters. The van der Waals surface area contributed by atoms with E-state index in [0.29, 0.717) is 11.1 Å². The van der Waals surface area contributed by atoms with Crippen LogP contribution in [0.2, 0.25) is 0 Å². The number of anilines is 1. The average Bonchev–Trinajstić information content (AvgIpc) is 3.59. The molecule has 0 radical (unpaired) electrons. The van der Waals surface area contributed by atoms with E-state index >= 15 is 0 Å². The lowest BCUT2D eigenvalue weighted by atomic mass is 9.95. The molecule has 3 aliphatic rings. The number of carbonyl (C=O) groups excluding carboxylic acids is 4. The van der Waals surface area contributed by atoms with Gasteiger partial charge in [-0.3, -0.25) is 19.7 Å². The lowest BCUT2D eigenvalue weighted by Crippen LogP contribution is -2.52. The summed E-state index contributed by atoms with van der Waals surface area (Å²) in [6.07, 6.45) is -4.06. The van der Waals surface area contributed by atoms with E-state index in [1.54, 1.807) is 0 Å². The quantitative estimate of drug-likeness (QED) is 0.455. The Morgan fingerprint density at radius 3 is 2.59 bits per heavy atom. The van der Waals surface area contributed by atoms with Gasteiger partial charge in [-0.25, -0.2) is 4.79 Å². The number of carbonyl (C=O) groups is 4. The Balaban J connectivity index is 1.24. The number of hydrogen-bond donors (Lipinski definition) is 4. The number of fused-ring (bicyclic) bond motifs is 1. The summed E-state index contributed by atoms with van der Waals surface area (Å²) in [7, 11) is 0. The number of benzene rings is 2. The van der Waals surface area contributed by atoms with Gasteiger partial charge in [0, 0.05) is 35.3 Å². The minimum absolute atomic E-state index is 0.00717.